The summed E-state index contributed by atoms with van der Waals surface area (Å²) in [5, 5.41) is 8.36. The van der Waals surface area contributed by atoms with Gasteiger partial charge in [-0.2, -0.15) is 0 Å². The molecule has 1 amide bonds. The third-order valence-corrected chi connectivity index (χ3v) is 5.39. The highest BCUT2D eigenvalue weighted by Gasteiger charge is 2.26. The maximum atomic E-state index is 12.6. The van der Waals surface area contributed by atoms with E-state index in [4.69, 9.17) is 5.73 Å². The van der Waals surface area contributed by atoms with Gasteiger partial charge >= 0.3 is 0 Å². The molecule has 1 atom stereocenters. The quantitative estimate of drug-likeness (QED) is 0.921. The Bertz CT molecular complexity index is 715. The number of hydrogen-bond donors (Lipinski definition) is 1. The van der Waals surface area contributed by atoms with Crippen molar-refractivity contribution in [3.63, 3.8) is 0 Å². The molecule has 3 rings (SSSR count). The van der Waals surface area contributed by atoms with E-state index in [1.807, 2.05) is 48.7 Å². The summed E-state index contributed by atoms with van der Waals surface area (Å²) in [6, 6.07) is 3.93. The average molecular weight is 347 g/mol. The van der Waals surface area contributed by atoms with Gasteiger partial charge in [0.15, 0.2) is 0 Å². The molecule has 2 aromatic heterocycles. The summed E-state index contributed by atoms with van der Waals surface area (Å²) in [5.41, 5.74) is 6.37. The predicted molar refractivity (Wildman–Crippen MR) is 94.9 cm³/mol. The second-order valence-corrected chi connectivity index (χ2v) is 8.51. The Labute approximate surface area is 146 Å². The van der Waals surface area contributed by atoms with Crippen LogP contribution in [0, 0.1) is 12.8 Å². The summed E-state index contributed by atoms with van der Waals surface area (Å²) in [5.74, 6) is 0.555. The fraction of sp³-hybridized carbons (Fsp3) is 0.588. The number of thiophene rings is 1. The molecule has 0 bridgehead atoms. The molecule has 0 aromatic carbocycles. The van der Waals surface area contributed by atoms with Gasteiger partial charge in [0, 0.05) is 24.5 Å². The van der Waals surface area contributed by atoms with Crippen molar-refractivity contribution in [1.29, 1.82) is 0 Å². The predicted octanol–water partition coefficient (Wildman–Crippen LogP) is 2.39. The SMILES string of the molecule is Cc1ccc(C(=O)N2CCCC(Cn3cc(C(C)(C)N)nn3)C2)s1. The van der Waals surface area contributed by atoms with Crippen LogP contribution in [0.15, 0.2) is 18.3 Å². The van der Waals surface area contributed by atoms with Crippen LogP contribution in [0.4, 0.5) is 0 Å². The zero-order chi connectivity index (χ0) is 17.3. The van der Waals surface area contributed by atoms with Crippen molar-refractivity contribution >= 4 is 17.2 Å². The number of nitrogens with zero attached hydrogens (tertiary/aromatic N) is 4. The zero-order valence-electron chi connectivity index (χ0n) is 14.5. The molecule has 0 aliphatic carbocycles. The Morgan fingerprint density at radius 3 is 2.88 bits per heavy atom. The minimum atomic E-state index is -0.482. The largest absolute Gasteiger partial charge is 0.338 e. The average Bonchev–Trinajstić information content (AvgIpc) is 3.15. The van der Waals surface area contributed by atoms with E-state index in [1.54, 1.807) is 11.3 Å². The lowest BCUT2D eigenvalue weighted by atomic mass is 9.97. The lowest BCUT2D eigenvalue weighted by Gasteiger charge is -2.32. The van der Waals surface area contributed by atoms with E-state index in [9.17, 15) is 4.79 Å². The number of carbonyl (C=O) groups excluding carboxylic acids is 1. The molecule has 0 radical (unpaired) electrons. The van der Waals surface area contributed by atoms with Crippen molar-refractivity contribution in [3.8, 4) is 0 Å². The molecule has 130 valence electrons. The van der Waals surface area contributed by atoms with Crippen LogP contribution >= 0.6 is 11.3 Å². The molecular formula is C17H25N5OS. The number of hydrogen-bond acceptors (Lipinski definition) is 5. The van der Waals surface area contributed by atoms with Crippen molar-refractivity contribution in [1.82, 2.24) is 19.9 Å². The normalized spacial score (nSPS) is 18.8. The number of aromatic nitrogens is 3. The molecule has 0 spiro atoms. The Balaban J connectivity index is 1.63. The molecule has 0 saturated carbocycles. The topological polar surface area (TPSA) is 77.0 Å². The van der Waals surface area contributed by atoms with E-state index in [1.165, 1.54) is 4.88 Å². The highest BCUT2D eigenvalue weighted by molar-refractivity contribution is 7.13. The minimum Gasteiger partial charge on any atom is -0.338 e. The molecule has 3 heterocycles. The Morgan fingerprint density at radius 1 is 1.46 bits per heavy atom. The second-order valence-electron chi connectivity index (χ2n) is 7.22. The number of likely N-dealkylation sites (tertiary alicyclic amines) is 1. The van der Waals surface area contributed by atoms with E-state index >= 15 is 0 Å². The Morgan fingerprint density at radius 2 is 2.25 bits per heavy atom. The molecule has 1 unspecified atom stereocenters. The highest BCUT2D eigenvalue weighted by Crippen LogP contribution is 2.23. The molecule has 24 heavy (non-hydrogen) atoms. The summed E-state index contributed by atoms with van der Waals surface area (Å²) < 4.78 is 1.86. The van der Waals surface area contributed by atoms with Gasteiger partial charge in [-0.25, -0.2) is 0 Å². The van der Waals surface area contributed by atoms with E-state index in [0.717, 1.165) is 43.0 Å². The monoisotopic (exact) mass is 347 g/mol. The maximum Gasteiger partial charge on any atom is 0.263 e. The van der Waals surface area contributed by atoms with Crippen LogP contribution in [0.1, 0.15) is 46.9 Å². The van der Waals surface area contributed by atoms with Crippen molar-refractivity contribution in [2.45, 2.75) is 45.7 Å². The van der Waals surface area contributed by atoms with Gasteiger partial charge in [0.05, 0.1) is 16.6 Å². The maximum absolute atomic E-state index is 12.6. The molecule has 1 saturated heterocycles. The van der Waals surface area contributed by atoms with E-state index < -0.39 is 5.54 Å². The summed E-state index contributed by atoms with van der Waals surface area (Å²) in [6.07, 6.45) is 4.06. The summed E-state index contributed by atoms with van der Waals surface area (Å²) in [6.45, 7) is 8.26. The van der Waals surface area contributed by atoms with Gasteiger partial charge in [0.2, 0.25) is 0 Å². The number of piperidine rings is 1. The van der Waals surface area contributed by atoms with Gasteiger partial charge in [-0.3, -0.25) is 9.48 Å². The van der Waals surface area contributed by atoms with Gasteiger partial charge in [-0.1, -0.05) is 5.21 Å². The molecule has 1 aliphatic rings. The summed E-state index contributed by atoms with van der Waals surface area (Å²) in [4.78, 5) is 16.6. The van der Waals surface area contributed by atoms with Crippen LogP contribution in [-0.2, 0) is 12.1 Å². The van der Waals surface area contributed by atoms with Crippen molar-refractivity contribution in [3.05, 3.63) is 33.8 Å². The molecule has 7 heteroatoms. The second kappa shape index (κ2) is 6.64. The van der Waals surface area contributed by atoms with Crippen LogP contribution < -0.4 is 5.73 Å². The third-order valence-electron chi connectivity index (χ3n) is 4.40. The van der Waals surface area contributed by atoms with Crippen molar-refractivity contribution < 1.29 is 4.79 Å². The van der Waals surface area contributed by atoms with Gasteiger partial charge in [0.1, 0.15) is 5.69 Å². The Hall–Kier alpha value is -1.73. The number of rotatable bonds is 4. The smallest absolute Gasteiger partial charge is 0.263 e. The first-order chi connectivity index (χ1) is 11.3. The van der Waals surface area contributed by atoms with E-state index in [2.05, 4.69) is 10.3 Å². The molecular weight excluding hydrogens is 322 g/mol. The lowest BCUT2D eigenvalue weighted by Crippen LogP contribution is -2.40. The first-order valence-corrected chi connectivity index (χ1v) is 9.20. The lowest BCUT2D eigenvalue weighted by molar-refractivity contribution is 0.0664. The fourth-order valence-electron chi connectivity index (χ4n) is 3.05. The van der Waals surface area contributed by atoms with Crippen LogP contribution in [-0.4, -0.2) is 38.9 Å². The number of carbonyl (C=O) groups is 1. The summed E-state index contributed by atoms with van der Waals surface area (Å²) >= 11 is 1.57. The number of nitrogens with two attached hydrogens (primary N) is 1. The van der Waals surface area contributed by atoms with Gasteiger partial charge in [-0.15, -0.1) is 16.4 Å². The zero-order valence-corrected chi connectivity index (χ0v) is 15.3. The van der Waals surface area contributed by atoms with Crippen LogP contribution in [0.3, 0.4) is 0 Å². The highest BCUT2D eigenvalue weighted by atomic mass is 32.1. The molecule has 1 fully saturated rings. The van der Waals surface area contributed by atoms with Crippen LogP contribution in [0.2, 0.25) is 0 Å². The third kappa shape index (κ3) is 3.84. The first kappa shape index (κ1) is 17.1. The Kier molecular flexibility index (Phi) is 4.73. The van der Waals surface area contributed by atoms with Gasteiger partial charge in [-0.05, 0) is 51.7 Å². The first-order valence-electron chi connectivity index (χ1n) is 8.38. The standard InChI is InChI=1S/C17H25N5OS/c1-12-6-7-14(24-12)16(23)21-8-4-5-13(9-21)10-22-11-15(19-20-22)17(2,3)18/h6-7,11,13H,4-5,8-10,18H2,1-3H3. The minimum absolute atomic E-state index is 0.153. The van der Waals surface area contributed by atoms with E-state index in [0.29, 0.717) is 5.92 Å². The fourth-order valence-corrected chi connectivity index (χ4v) is 3.89. The van der Waals surface area contributed by atoms with Crippen molar-refractivity contribution in [2.75, 3.05) is 13.1 Å². The van der Waals surface area contributed by atoms with Gasteiger partial charge < -0.3 is 10.6 Å². The molecule has 1 aliphatic heterocycles. The number of aryl methyl sites for hydroxylation is 1. The number of amides is 1. The van der Waals surface area contributed by atoms with Crippen LogP contribution in [0.25, 0.3) is 0 Å². The van der Waals surface area contributed by atoms with Crippen LogP contribution in [0.5, 0.6) is 0 Å². The molecule has 6 nitrogen and oxygen atoms in total. The van der Waals surface area contributed by atoms with Gasteiger partial charge in [0.25, 0.3) is 5.91 Å². The molecule has 2 N–H and O–H groups in total. The summed E-state index contributed by atoms with van der Waals surface area (Å²) in [7, 11) is 0. The van der Waals surface area contributed by atoms with E-state index in [-0.39, 0.29) is 5.91 Å². The molecule has 2 aromatic rings. The van der Waals surface area contributed by atoms with Crippen molar-refractivity contribution in [2.24, 2.45) is 11.7 Å².